The van der Waals surface area contributed by atoms with Gasteiger partial charge in [-0.2, -0.15) is 5.10 Å². The molecule has 0 amide bonds. The lowest BCUT2D eigenvalue weighted by atomic mass is 10.0. The van der Waals surface area contributed by atoms with Crippen molar-refractivity contribution >= 4 is 22.1 Å². The van der Waals surface area contributed by atoms with E-state index in [1.54, 1.807) is 30.6 Å². The largest absolute Gasteiger partial charge is 0.337 e. The Morgan fingerprint density at radius 1 is 0.947 bits per heavy atom. The number of aromatic amines is 2. The molecule has 5 aromatic heterocycles. The van der Waals surface area contributed by atoms with Gasteiger partial charge in [0.25, 0.3) is 0 Å². The lowest BCUT2D eigenvalue weighted by Gasteiger charge is -2.15. The van der Waals surface area contributed by atoms with E-state index in [1.807, 2.05) is 12.3 Å². The minimum atomic E-state index is -0.456. The van der Waals surface area contributed by atoms with Crippen LogP contribution in [0.2, 0.25) is 0 Å². The van der Waals surface area contributed by atoms with Crippen molar-refractivity contribution in [3.8, 4) is 33.9 Å². The third-order valence-corrected chi connectivity index (χ3v) is 6.97. The fourth-order valence-corrected chi connectivity index (χ4v) is 5.14. The van der Waals surface area contributed by atoms with E-state index in [0.29, 0.717) is 44.9 Å². The summed E-state index contributed by atoms with van der Waals surface area (Å²) >= 11 is 0. The lowest BCUT2D eigenvalue weighted by molar-refractivity contribution is 0.331. The molecule has 1 fully saturated rings. The molecule has 6 heterocycles. The van der Waals surface area contributed by atoms with Crippen LogP contribution in [0.5, 0.6) is 0 Å². The van der Waals surface area contributed by atoms with E-state index < -0.39 is 5.82 Å². The highest BCUT2D eigenvalue weighted by Crippen LogP contribution is 2.34. The van der Waals surface area contributed by atoms with Crippen molar-refractivity contribution in [1.82, 2.24) is 40.0 Å². The molecule has 10 heteroatoms. The summed E-state index contributed by atoms with van der Waals surface area (Å²) < 4.78 is 30.0. The zero-order chi connectivity index (χ0) is 25.6. The number of halogens is 2. The van der Waals surface area contributed by atoms with Gasteiger partial charge in [-0.15, -0.1) is 0 Å². The zero-order valence-electron chi connectivity index (χ0n) is 20.2. The van der Waals surface area contributed by atoms with Crippen molar-refractivity contribution in [3.63, 3.8) is 0 Å². The normalized spacial score (nSPS) is 14.2. The molecule has 0 saturated carbocycles. The second-order valence-corrected chi connectivity index (χ2v) is 9.50. The highest BCUT2D eigenvalue weighted by molar-refractivity contribution is 5.96. The number of nitrogens with one attached hydrogen (secondary N) is 2. The van der Waals surface area contributed by atoms with Gasteiger partial charge >= 0.3 is 0 Å². The highest BCUT2D eigenvalue weighted by atomic mass is 19.1. The molecule has 7 rings (SSSR count). The number of rotatable bonds is 5. The third-order valence-electron chi connectivity index (χ3n) is 6.97. The SMILES string of the molecule is Fc1cccc(-c2nccc3[nH]c(-c4[nH]nc5ncc(-c6cncc(CN7CCCC7)c6)c(F)c45)nc23)c1. The molecule has 0 aliphatic carbocycles. The van der Waals surface area contributed by atoms with Gasteiger partial charge in [0.05, 0.1) is 16.6 Å². The molecule has 8 nitrogen and oxygen atoms in total. The Hall–Kier alpha value is -4.57. The number of hydrogen-bond acceptors (Lipinski definition) is 6. The predicted octanol–water partition coefficient (Wildman–Crippen LogP) is 5.50. The Morgan fingerprint density at radius 2 is 1.84 bits per heavy atom. The van der Waals surface area contributed by atoms with Crippen LogP contribution in [-0.2, 0) is 6.54 Å². The maximum atomic E-state index is 16.1. The number of hydrogen-bond donors (Lipinski definition) is 2. The molecule has 1 aliphatic rings. The molecule has 38 heavy (non-hydrogen) atoms. The minimum Gasteiger partial charge on any atom is -0.337 e. The lowest BCUT2D eigenvalue weighted by Crippen LogP contribution is -2.18. The van der Waals surface area contributed by atoms with Gasteiger partial charge in [0.2, 0.25) is 0 Å². The summed E-state index contributed by atoms with van der Waals surface area (Å²) in [6.07, 6.45) is 8.99. The molecule has 1 saturated heterocycles. The molecule has 0 bridgehead atoms. The number of benzene rings is 1. The van der Waals surface area contributed by atoms with Crippen molar-refractivity contribution in [2.75, 3.05) is 13.1 Å². The first kappa shape index (κ1) is 22.6. The third kappa shape index (κ3) is 3.90. The van der Waals surface area contributed by atoms with Crippen molar-refractivity contribution in [2.24, 2.45) is 0 Å². The molecule has 188 valence electrons. The van der Waals surface area contributed by atoms with E-state index in [0.717, 1.165) is 25.2 Å². The van der Waals surface area contributed by atoms with Gasteiger partial charge in [-0.05, 0) is 55.8 Å². The molecular weight excluding hydrogens is 486 g/mol. The van der Waals surface area contributed by atoms with Crippen LogP contribution in [0.4, 0.5) is 8.78 Å². The van der Waals surface area contributed by atoms with Crippen LogP contribution in [0.1, 0.15) is 18.4 Å². The van der Waals surface area contributed by atoms with Crippen molar-refractivity contribution < 1.29 is 8.78 Å². The van der Waals surface area contributed by atoms with E-state index in [9.17, 15) is 4.39 Å². The van der Waals surface area contributed by atoms with Gasteiger partial charge in [0.1, 0.15) is 22.8 Å². The van der Waals surface area contributed by atoms with E-state index >= 15 is 4.39 Å². The highest BCUT2D eigenvalue weighted by Gasteiger charge is 2.22. The maximum Gasteiger partial charge on any atom is 0.184 e. The van der Waals surface area contributed by atoms with Crippen LogP contribution in [0.25, 0.3) is 56.0 Å². The average molecular weight is 509 g/mol. The summed E-state index contributed by atoms with van der Waals surface area (Å²) in [5.74, 6) is -0.439. The van der Waals surface area contributed by atoms with Crippen LogP contribution in [0.3, 0.4) is 0 Å². The van der Waals surface area contributed by atoms with Gasteiger partial charge < -0.3 is 4.98 Å². The van der Waals surface area contributed by atoms with Crippen LogP contribution in [-0.4, -0.2) is 53.1 Å². The quantitative estimate of drug-likeness (QED) is 0.319. The van der Waals surface area contributed by atoms with Crippen molar-refractivity contribution in [1.29, 1.82) is 0 Å². The molecular formula is C28H22F2N8. The van der Waals surface area contributed by atoms with Crippen LogP contribution < -0.4 is 0 Å². The maximum absolute atomic E-state index is 16.1. The minimum absolute atomic E-state index is 0.228. The monoisotopic (exact) mass is 508 g/mol. The number of H-pyrrole nitrogens is 2. The second-order valence-electron chi connectivity index (χ2n) is 9.50. The molecule has 1 aromatic carbocycles. The topological polar surface area (TPSA) is 99.3 Å². The summed E-state index contributed by atoms with van der Waals surface area (Å²) in [6.45, 7) is 2.92. The van der Waals surface area contributed by atoms with E-state index in [-0.39, 0.29) is 16.9 Å². The Labute approximate surface area is 215 Å². The summed E-state index contributed by atoms with van der Waals surface area (Å²) in [5.41, 5.74) is 4.98. The smallest absolute Gasteiger partial charge is 0.184 e. The van der Waals surface area contributed by atoms with Gasteiger partial charge in [-0.25, -0.2) is 18.7 Å². The summed E-state index contributed by atoms with van der Waals surface area (Å²) in [5, 5.41) is 7.33. The Morgan fingerprint density at radius 3 is 2.71 bits per heavy atom. The van der Waals surface area contributed by atoms with Crippen LogP contribution in [0.15, 0.2) is 61.2 Å². The van der Waals surface area contributed by atoms with Gasteiger partial charge in [0, 0.05) is 48.0 Å². The van der Waals surface area contributed by atoms with E-state index in [4.69, 9.17) is 4.98 Å². The summed E-state index contributed by atoms with van der Waals surface area (Å²) in [4.78, 5) is 23.5. The Bertz CT molecular complexity index is 1800. The fourth-order valence-electron chi connectivity index (χ4n) is 5.14. The van der Waals surface area contributed by atoms with Gasteiger partial charge in [-0.3, -0.25) is 20.0 Å². The first-order valence-corrected chi connectivity index (χ1v) is 12.4. The van der Waals surface area contributed by atoms with Gasteiger partial charge in [-0.1, -0.05) is 12.1 Å². The van der Waals surface area contributed by atoms with Crippen molar-refractivity contribution in [2.45, 2.75) is 19.4 Å². The van der Waals surface area contributed by atoms with Gasteiger partial charge in [0.15, 0.2) is 11.5 Å². The molecule has 2 N–H and O–H groups in total. The van der Waals surface area contributed by atoms with Crippen LogP contribution >= 0.6 is 0 Å². The van der Waals surface area contributed by atoms with E-state index in [1.165, 1.54) is 31.2 Å². The molecule has 6 aromatic rings. The number of pyridine rings is 3. The molecule has 0 radical (unpaired) electrons. The molecule has 0 spiro atoms. The first-order valence-electron chi connectivity index (χ1n) is 12.4. The molecule has 0 unspecified atom stereocenters. The summed E-state index contributed by atoms with van der Waals surface area (Å²) in [6, 6.07) is 9.91. The molecule has 1 aliphatic heterocycles. The molecule has 0 atom stereocenters. The zero-order valence-corrected chi connectivity index (χ0v) is 20.2. The van der Waals surface area contributed by atoms with Crippen molar-refractivity contribution in [3.05, 3.63) is 78.4 Å². The van der Waals surface area contributed by atoms with Crippen LogP contribution in [0, 0.1) is 11.6 Å². The fraction of sp³-hybridized carbons (Fsp3) is 0.179. The number of fused-ring (bicyclic) bond motifs is 2. The first-order chi connectivity index (χ1) is 18.6. The number of imidazole rings is 1. The Kier molecular flexibility index (Phi) is 5.40. The Balaban J connectivity index is 1.31. The predicted molar refractivity (Wildman–Crippen MR) is 140 cm³/mol. The summed E-state index contributed by atoms with van der Waals surface area (Å²) in [7, 11) is 0. The number of aromatic nitrogens is 7. The van der Waals surface area contributed by atoms with E-state index in [2.05, 4.69) is 35.0 Å². The number of nitrogens with zero attached hydrogens (tertiary/aromatic N) is 6. The second kappa shape index (κ2) is 9.07. The standard InChI is InChI=1S/C28H22F2N8/c29-19-5-3-4-17(11-19)24-25-21(6-7-32-24)34-28(35-25)26-22-23(30)20(14-33-27(22)37-36-26)18-10-16(12-31-13-18)15-38-8-1-2-9-38/h3-7,10-14H,1-2,8-9,15H2,(H,34,35)(H,33,36,37). The average Bonchev–Trinajstić information content (AvgIpc) is 3.68. The number of likely N-dealkylation sites (tertiary alicyclic amines) is 1.